The van der Waals surface area contributed by atoms with Gasteiger partial charge in [-0.3, -0.25) is 9.20 Å². The summed E-state index contributed by atoms with van der Waals surface area (Å²) < 4.78 is 3.32. The van der Waals surface area contributed by atoms with Crippen LogP contribution in [0.2, 0.25) is 0 Å². The molecule has 0 aliphatic rings. The van der Waals surface area contributed by atoms with Gasteiger partial charge >= 0.3 is 0 Å². The van der Waals surface area contributed by atoms with Crippen molar-refractivity contribution in [3.63, 3.8) is 0 Å². The van der Waals surface area contributed by atoms with Gasteiger partial charge in [-0.25, -0.2) is 0 Å². The summed E-state index contributed by atoms with van der Waals surface area (Å²) in [6, 6.07) is 10.3. The Morgan fingerprint density at radius 1 is 1.18 bits per heavy atom. The van der Waals surface area contributed by atoms with Crippen molar-refractivity contribution in [2.45, 2.75) is 44.4 Å². The molecule has 0 aliphatic heterocycles. The third-order valence-corrected chi connectivity index (χ3v) is 7.10. The number of carbonyl (C=O) groups excluding carboxylic acids is 1. The maximum Gasteiger partial charge on any atom is 0.237 e. The van der Waals surface area contributed by atoms with Crippen LogP contribution in [-0.4, -0.2) is 25.8 Å². The summed E-state index contributed by atoms with van der Waals surface area (Å²) in [5.74, 6) is 0.847. The van der Waals surface area contributed by atoms with Crippen LogP contribution in [0.3, 0.4) is 0 Å². The Morgan fingerprint density at radius 3 is 2.64 bits per heavy atom. The molecule has 144 valence electrons. The number of carbonyl (C=O) groups is 1. The molecule has 1 amide bonds. The fraction of sp³-hybridized carbons (Fsp3) is 0.286. The fourth-order valence-corrected chi connectivity index (χ4v) is 5.17. The molecule has 0 saturated carbocycles. The molecule has 1 aromatic carbocycles. The molecule has 0 bridgehead atoms. The number of thiophene rings is 1. The molecular weight excluding hydrogens is 388 g/mol. The minimum Gasteiger partial charge on any atom is -0.325 e. The van der Waals surface area contributed by atoms with Gasteiger partial charge in [0, 0.05) is 5.69 Å². The molecule has 5 nitrogen and oxygen atoms in total. The maximum atomic E-state index is 13.0. The van der Waals surface area contributed by atoms with Gasteiger partial charge in [0.15, 0.2) is 0 Å². The lowest BCUT2D eigenvalue weighted by Crippen LogP contribution is -2.25. The van der Waals surface area contributed by atoms with Crippen LogP contribution in [0.4, 0.5) is 5.69 Å². The van der Waals surface area contributed by atoms with Gasteiger partial charge in [-0.05, 0) is 55.8 Å². The number of amides is 1. The number of nitrogens with zero attached hydrogens (tertiary/aromatic N) is 3. The van der Waals surface area contributed by atoms with Gasteiger partial charge in [0.2, 0.25) is 5.91 Å². The molecule has 1 atom stereocenters. The predicted octanol–water partition coefficient (Wildman–Crippen LogP) is 5.38. The summed E-state index contributed by atoms with van der Waals surface area (Å²) in [5.41, 5.74) is 5.19. The number of nitrogens with one attached hydrogen (secondary N) is 1. The molecule has 4 aromatic rings. The fourth-order valence-electron chi connectivity index (χ4n) is 3.40. The SMILES string of the molecule is CCC(Sc1nnc(C)n2c1cc1sccc12)C(=O)Nc1c(C)cccc1C. The molecule has 4 rings (SSSR count). The molecule has 0 radical (unpaired) electrons. The summed E-state index contributed by atoms with van der Waals surface area (Å²) in [4.78, 5) is 13.0. The minimum atomic E-state index is -0.243. The molecule has 0 spiro atoms. The van der Waals surface area contributed by atoms with Crippen molar-refractivity contribution in [2.24, 2.45) is 0 Å². The zero-order valence-electron chi connectivity index (χ0n) is 16.3. The Labute approximate surface area is 172 Å². The van der Waals surface area contributed by atoms with Crippen LogP contribution < -0.4 is 5.32 Å². The lowest BCUT2D eigenvalue weighted by Gasteiger charge is -2.17. The Kier molecular flexibility index (Phi) is 5.12. The molecule has 1 N–H and O–H groups in total. The Bertz CT molecular complexity index is 1160. The Morgan fingerprint density at radius 2 is 1.93 bits per heavy atom. The van der Waals surface area contributed by atoms with Crippen molar-refractivity contribution >= 4 is 50.4 Å². The van der Waals surface area contributed by atoms with E-state index in [2.05, 4.69) is 37.4 Å². The van der Waals surface area contributed by atoms with Crippen LogP contribution in [0.15, 0.2) is 40.7 Å². The molecular formula is C21H22N4OS2. The summed E-state index contributed by atoms with van der Waals surface area (Å²) in [7, 11) is 0. The van der Waals surface area contributed by atoms with Gasteiger partial charge in [0.1, 0.15) is 10.9 Å². The van der Waals surface area contributed by atoms with Crippen molar-refractivity contribution in [3.8, 4) is 0 Å². The summed E-state index contributed by atoms with van der Waals surface area (Å²) >= 11 is 3.18. The van der Waals surface area contributed by atoms with E-state index < -0.39 is 0 Å². The van der Waals surface area contributed by atoms with E-state index in [1.807, 2.05) is 45.9 Å². The summed E-state index contributed by atoms with van der Waals surface area (Å²) in [6.45, 7) is 8.01. The molecule has 28 heavy (non-hydrogen) atoms. The highest BCUT2D eigenvalue weighted by atomic mass is 32.2. The number of anilines is 1. The number of hydrogen-bond acceptors (Lipinski definition) is 5. The van der Waals surface area contributed by atoms with Crippen LogP contribution in [0.1, 0.15) is 30.3 Å². The van der Waals surface area contributed by atoms with Crippen LogP contribution in [0, 0.1) is 20.8 Å². The van der Waals surface area contributed by atoms with Crippen LogP contribution >= 0.6 is 23.1 Å². The summed E-state index contributed by atoms with van der Waals surface area (Å²) in [6.07, 6.45) is 0.707. The number of thioether (sulfide) groups is 1. The van der Waals surface area contributed by atoms with E-state index in [9.17, 15) is 4.79 Å². The van der Waals surface area contributed by atoms with Gasteiger partial charge in [-0.1, -0.05) is 36.9 Å². The van der Waals surface area contributed by atoms with Gasteiger partial charge in [-0.2, -0.15) is 0 Å². The second kappa shape index (κ2) is 7.56. The number of aromatic nitrogens is 3. The van der Waals surface area contributed by atoms with Crippen molar-refractivity contribution in [3.05, 3.63) is 52.7 Å². The number of fused-ring (bicyclic) bond motifs is 3. The molecule has 0 saturated heterocycles. The van der Waals surface area contributed by atoms with Crippen LogP contribution in [-0.2, 0) is 4.79 Å². The zero-order valence-corrected chi connectivity index (χ0v) is 17.9. The normalized spacial score (nSPS) is 12.6. The standard InChI is InChI=1S/C21H22N4OS2/c1-5-17(20(26)22-19-12(2)7-6-8-13(19)3)28-21-16-11-18-15(9-10-27-18)25(16)14(4)23-24-21/h6-11,17H,5H2,1-4H3,(H,22,26). The first kappa shape index (κ1) is 19.0. The highest BCUT2D eigenvalue weighted by Gasteiger charge is 2.22. The largest absolute Gasteiger partial charge is 0.325 e. The van der Waals surface area contributed by atoms with E-state index in [0.29, 0.717) is 6.42 Å². The highest BCUT2D eigenvalue weighted by Crippen LogP contribution is 2.34. The highest BCUT2D eigenvalue weighted by molar-refractivity contribution is 8.00. The third kappa shape index (κ3) is 3.29. The van der Waals surface area contributed by atoms with Gasteiger partial charge in [-0.15, -0.1) is 21.5 Å². The number of hydrogen-bond donors (Lipinski definition) is 1. The molecule has 0 fully saturated rings. The Balaban J connectivity index is 1.65. The second-order valence-electron chi connectivity index (χ2n) is 6.86. The monoisotopic (exact) mass is 410 g/mol. The summed E-state index contributed by atoms with van der Waals surface area (Å²) in [5, 5.41) is 14.5. The van der Waals surface area contributed by atoms with Crippen molar-refractivity contribution in [1.82, 2.24) is 14.6 Å². The first-order valence-corrected chi connectivity index (χ1v) is 11.0. The lowest BCUT2D eigenvalue weighted by molar-refractivity contribution is -0.115. The topological polar surface area (TPSA) is 59.3 Å². The van der Waals surface area contributed by atoms with Gasteiger partial charge < -0.3 is 5.32 Å². The zero-order chi connectivity index (χ0) is 19.8. The smallest absolute Gasteiger partial charge is 0.237 e. The van der Waals surface area contributed by atoms with Crippen LogP contribution in [0.25, 0.3) is 15.7 Å². The van der Waals surface area contributed by atoms with E-state index in [4.69, 9.17) is 0 Å². The lowest BCUT2D eigenvalue weighted by atomic mass is 10.1. The van der Waals surface area contributed by atoms with Gasteiger partial charge in [0.05, 0.1) is 21.0 Å². The Hall–Kier alpha value is -2.38. The van der Waals surface area contributed by atoms with E-state index in [1.54, 1.807) is 11.3 Å². The molecule has 3 aromatic heterocycles. The van der Waals surface area contributed by atoms with E-state index in [-0.39, 0.29) is 11.2 Å². The quantitative estimate of drug-likeness (QED) is 0.449. The van der Waals surface area contributed by atoms with Crippen molar-refractivity contribution < 1.29 is 4.79 Å². The number of rotatable bonds is 5. The maximum absolute atomic E-state index is 13.0. The molecule has 7 heteroatoms. The minimum absolute atomic E-state index is 0.00112. The van der Waals surface area contributed by atoms with Crippen molar-refractivity contribution in [1.29, 1.82) is 0 Å². The van der Waals surface area contributed by atoms with Crippen LogP contribution in [0.5, 0.6) is 0 Å². The number of para-hydroxylation sites is 1. The number of benzene rings is 1. The predicted molar refractivity (Wildman–Crippen MR) is 118 cm³/mol. The van der Waals surface area contributed by atoms with E-state index in [1.165, 1.54) is 16.5 Å². The number of aryl methyl sites for hydroxylation is 3. The average molecular weight is 411 g/mol. The first-order valence-electron chi connectivity index (χ1n) is 9.25. The van der Waals surface area contributed by atoms with Gasteiger partial charge in [0.25, 0.3) is 0 Å². The second-order valence-corrected chi connectivity index (χ2v) is 9.00. The van der Waals surface area contributed by atoms with Crippen molar-refractivity contribution in [2.75, 3.05) is 5.32 Å². The first-order chi connectivity index (χ1) is 13.5. The molecule has 0 aliphatic carbocycles. The van der Waals surface area contributed by atoms with E-state index >= 15 is 0 Å². The average Bonchev–Trinajstić information content (AvgIpc) is 3.26. The molecule has 3 heterocycles. The third-order valence-electron chi connectivity index (χ3n) is 4.90. The molecule has 1 unspecified atom stereocenters. The van der Waals surface area contributed by atoms with E-state index in [0.717, 1.165) is 38.7 Å².